The Hall–Kier alpha value is -1.50. The summed E-state index contributed by atoms with van der Waals surface area (Å²) in [6, 6.07) is 0. The number of aryl methyl sites for hydroxylation is 1. The van der Waals surface area contributed by atoms with Crippen molar-refractivity contribution >= 4 is 32.9 Å². The van der Waals surface area contributed by atoms with Crippen molar-refractivity contribution in [2.45, 2.75) is 13.0 Å². The van der Waals surface area contributed by atoms with E-state index in [4.69, 9.17) is 5.11 Å². The summed E-state index contributed by atoms with van der Waals surface area (Å²) in [5.74, 6) is -0.858. The molecular formula is C8H7BrN4O2. The molecule has 2 aromatic rings. The minimum atomic E-state index is -0.858. The van der Waals surface area contributed by atoms with Crippen LogP contribution < -0.4 is 0 Å². The Morgan fingerprint density at radius 3 is 3.07 bits per heavy atom. The molecule has 0 bridgehead atoms. The van der Waals surface area contributed by atoms with Crippen LogP contribution in [0.25, 0.3) is 11.0 Å². The van der Waals surface area contributed by atoms with Crippen LogP contribution >= 0.6 is 15.9 Å². The molecule has 0 aliphatic heterocycles. The van der Waals surface area contributed by atoms with Crippen LogP contribution in [0.15, 0.2) is 16.9 Å². The number of hydrogen-bond acceptors (Lipinski definition) is 4. The van der Waals surface area contributed by atoms with Crippen molar-refractivity contribution in [1.29, 1.82) is 0 Å². The van der Waals surface area contributed by atoms with E-state index >= 15 is 0 Å². The fourth-order valence-electron chi connectivity index (χ4n) is 1.25. The molecule has 0 unspecified atom stereocenters. The Kier molecular flexibility index (Phi) is 2.63. The van der Waals surface area contributed by atoms with Gasteiger partial charge in [0.15, 0.2) is 0 Å². The maximum atomic E-state index is 10.4. The number of carboxylic acids is 1. The number of hydrogen-bond donors (Lipinski definition) is 1. The van der Waals surface area contributed by atoms with E-state index in [0.29, 0.717) is 12.1 Å². The molecule has 0 saturated carbocycles. The zero-order valence-electron chi connectivity index (χ0n) is 7.59. The molecule has 0 spiro atoms. The van der Waals surface area contributed by atoms with Gasteiger partial charge in [0.05, 0.1) is 23.6 Å². The van der Waals surface area contributed by atoms with Crippen LogP contribution in [0.3, 0.4) is 0 Å². The highest BCUT2D eigenvalue weighted by Crippen LogP contribution is 2.20. The monoisotopic (exact) mass is 270 g/mol. The molecular weight excluding hydrogens is 264 g/mol. The maximum Gasteiger partial charge on any atom is 0.305 e. The summed E-state index contributed by atoms with van der Waals surface area (Å²) in [5, 5.41) is 16.3. The highest BCUT2D eigenvalue weighted by molar-refractivity contribution is 9.10. The predicted octanol–water partition coefficient (Wildman–Crippen LogP) is 1.06. The molecule has 0 atom stereocenters. The van der Waals surface area contributed by atoms with E-state index in [1.165, 1.54) is 0 Å². The SMILES string of the molecule is O=C(O)CCn1nnc2cncc(Br)c21. The third-order valence-corrected chi connectivity index (χ3v) is 2.49. The number of carbonyl (C=O) groups is 1. The molecule has 7 heteroatoms. The Bertz CT molecular complexity index is 510. The van der Waals surface area contributed by atoms with Gasteiger partial charge in [-0.1, -0.05) is 5.21 Å². The fourth-order valence-corrected chi connectivity index (χ4v) is 1.78. The summed E-state index contributed by atoms with van der Waals surface area (Å²) in [4.78, 5) is 14.4. The average Bonchev–Trinajstić information content (AvgIpc) is 2.59. The quantitative estimate of drug-likeness (QED) is 0.902. The van der Waals surface area contributed by atoms with Gasteiger partial charge in [0.1, 0.15) is 11.0 Å². The summed E-state index contributed by atoms with van der Waals surface area (Å²) in [6.07, 6.45) is 3.24. The minimum Gasteiger partial charge on any atom is -0.481 e. The maximum absolute atomic E-state index is 10.4. The fraction of sp³-hybridized carbons (Fsp3) is 0.250. The van der Waals surface area contributed by atoms with E-state index in [-0.39, 0.29) is 6.42 Å². The van der Waals surface area contributed by atoms with Crippen LogP contribution in [0.5, 0.6) is 0 Å². The molecule has 0 aromatic carbocycles. The van der Waals surface area contributed by atoms with Crippen LogP contribution in [-0.2, 0) is 11.3 Å². The van der Waals surface area contributed by atoms with Crippen molar-refractivity contribution in [3.8, 4) is 0 Å². The molecule has 2 aromatic heterocycles. The van der Waals surface area contributed by atoms with Crippen LogP contribution in [0, 0.1) is 0 Å². The largest absolute Gasteiger partial charge is 0.481 e. The van der Waals surface area contributed by atoms with E-state index in [0.717, 1.165) is 9.99 Å². The summed E-state index contributed by atoms with van der Waals surface area (Å²) >= 11 is 3.32. The molecule has 0 saturated heterocycles. The smallest absolute Gasteiger partial charge is 0.305 e. The van der Waals surface area contributed by atoms with Crippen molar-refractivity contribution in [3.63, 3.8) is 0 Å². The van der Waals surface area contributed by atoms with Gasteiger partial charge in [0.25, 0.3) is 0 Å². The van der Waals surface area contributed by atoms with Crippen molar-refractivity contribution in [2.24, 2.45) is 0 Å². The standard InChI is InChI=1S/C8H7BrN4O2/c9-5-3-10-4-6-8(5)13(12-11-6)2-1-7(14)15/h3-4H,1-2H2,(H,14,15). The number of halogens is 1. The zero-order chi connectivity index (χ0) is 10.8. The number of aliphatic carboxylic acids is 1. The molecule has 0 radical (unpaired) electrons. The van der Waals surface area contributed by atoms with Crippen molar-refractivity contribution in [1.82, 2.24) is 20.0 Å². The van der Waals surface area contributed by atoms with Gasteiger partial charge >= 0.3 is 5.97 Å². The van der Waals surface area contributed by atoms with Gasteiger partial charge in [-0.2, -0.15) is 0 Å². The lowest BCUT2D eigenvalue weighted by atomic mass is 10.4. The highest BCUT2D eigenvalue weighted by atomic mass is 79.9. The van der Waals surface area contributed by atoms with E-state index in [1.54, 1.807) is 17.1 Å². The number of pyridine rings is 1. The first kappa shape index (κ1) is 10.0. The molecule has 6 nitrogen and oxygen atoms in total. The van der Waals surface area contributed by atoms with Crippen LogP contribution in [-0.4, -0.2) is 31.1 Å². The summed E-state index contributed by atoms with van der Waals surface area (Å²) < 4.78 is 2.31. The number of carboxylic acid groups (broad SMARTS) is 1. The van der Waals surface area contributed by atoms with Gasteiger partial charge in [-0.25, -0.2) is 4.68 Å². The number of aromatic nitrogens is 4. The van der Waals surface area contributed by atoms with Crippen molar-refractivity contribution < 1.29 is 9.90 Å². The molecule has 15 heavy (non-hydrogen) atoms. The Labute approximate surface area is 93.0 Å². The Morgan fingerprint density at radius 1 is 1.53 bits per heavy atom. The van der Waals surface area contributed by atoms with Gasteiger partial charge < -0.3 is 5.11 Å². The van der Waals surface area contributed by atoms with E-state index in [1.807, 2.05) is 0 Å². The number of nitrogens with zero attached hydrogens (tertiary/aromatic N) is 4. The second kappa shape index (κ2) is 3.93. The molecule has 2 rings (SSSR count). The lowest BCUT2D eigenvalue weighted by Crippen LogP contribution is -2.06. The molecule has 1 N–H and O–H groups in total. The van der Waals surface area contributed by atoms with Crippen molar-refractivity contribution in [3.05, 3.63) is 16.9 Å². The van der Waals surface area contributed by atoms with Crippen LogP contribution in [0.1, 0.15) is 6.42 Å². The number of rotatable bonds is 3. The first-order valence-electron chi connectivity index (χ1n) is 4.23. The third kappa shape index (κ3) is 1.96. The second-order valence-corrected chi connectivity index (χ2v) is 3.80. The first-order valence-corrected chi connectivity index (χ1v) is 5.02. The molecule has 78 valence electrons. The summed E-state index contributed by atoms with van der Waals surface area (Å²) in [7, 11) is 0. The second-order valence-electron chi connectivity index (χ2n) is 2.95. The molecule has 2 heterocycles. The molecule has 0 aliphatic rings. The lowest BCUT2D eigenvalue weighted by Gasteiger charge is -2.00. The van der Waals surface area contributed by atoms with Crippen molar-refractivity contribution in [2.75, 3.05) is 0 Å². The van der Waals surface area contributed by atoms with Gasteiger partial charge in [0.2, 0.25) is 0 Å². The van der Waals surface area contributed by atoms with Gasteiger partial charge in [-0.05, 0) is 15.9 Å². The zero-order valence-corrected chi connectivity index (χ0v) is 9.18. The number of fused-ring (bicyclic) bond motifs is 1. The lowest BCUT2D eigenvalue weighted by molar-refractivity contribution is -0.137. The van der Waals surface area contributed by atoms with E-state index in [2.05, 4.69) is 31.2 Å². The highest BCUT2D eigenvalue weighted by Gasteiger charge is 2.09. The predicted molar refractivity (Wildman–Crippen MR) is 55.3 cm³/mol. The molecule has 0 aliphatic carbocycles. The van der Waals surface area contributed by atoms with E-state index < -0.39 is 5.97 Å². The van der Waals surface area contributed by atoms with E-state index in [9.17, 15) is 4.79 Å². The average molecular weight is 271 g/mol. The first-order chi connectivity index (χ1) is 7.18. The Morgan fingerprint density at radius 2 is 2.33 bits per heavy atom. The Balaban J connectivity index is 2.39. The molecule has 0 amide bonds. The summed E-state index contributed by atoms with van der Waals surface area (Å²) in [6.45, 7) is 0.300. The topological polar surface area (TPSA) is 80.9 Å². The molecule has 0 fully saturated rings. The van der Waals surface area contributed by atoms with Gasteiger partial charge in [-0.3, -0.25) is 9.78 Å². The summed E-state index contributed by atoms with van der Waals surface area (Å²) in [5.41, 5.74) is 1.42. The third-order valence-electron chi connectivity index (χ3n) is 1.91. The van der Waals surface area contributed by atoms with Gasteiger partial charge in [-0.15, -0.1) is 5.10 Å². The normalized spacial score (nSPS) is 10.7. The van der Waals surface area contributed by atoms with Crippen LogP contribution in [0.4, 0.5) is 0 Å². The van der Waals surface area contributed by atoms with Gasteiger partial charge in [0, 0.05) is 6.20 Å². The van der Waals surface area contributed by atoms with Crippen LogP contribution in [0.2, 0.25) is 0 Å². The minimum absolute atomic E-state index is 0.0211.